The van der Waals surface area contributed by atoms with Gasteiger partial charge in [0.25, 0.3) is 5.91 Å². The summed E-state index contributed by atoms with van der Waals surface area (Å²) in [6.07, 6.45) is -2.84. The summed E-state index contributed by atoms with van der Waals surface area (Å²) in [7, 11) is 1.30. The van der Waals surface area contributed by atoms with Gasteiger partial charge in [-0.15, -0.1) is 0 Å². The minimum Gasteiger partial charge on any atom is -0.503 e. The second-order valence-electron chi connectivity index (χ2n) is 9.61. The van der Waals surface area contributed by atoms with Crippen LogP contribution in [0.25, 0.3) is 0 Å². The predicted molar refractivity (Wildman–Crippen MR) is 141 cm³/mol. The first-order valence-electron chi connectivity index (χ1n) is 13.0. The molecule has 1 fully saturated rings. The Morgan fingerprint density at radius 2 is 1.88 bits per heavy atom. The number of aromatic nitrogens is 1. The van der Waals surface area contributed by atoms with Crippen LogP contribution in [-0.4, -0.2) is 83.9 Å². The average Bonchev–Trinajstić information content (AvgIpc) is 2.99. The second-order valence-corrected chi connectivity index (χ2v) is 9.61. The van der Waals surface area contributed by atoms with Gasteiger partial charge in [-0.3, -0.25) is 14.4 Å². The Labute approximate surface area is 236 Å². The van der Waals surface area contributed by atoms with E-state index in [2.05, 4.69) is 10.3 Å². The summed E-state index contributed by atoms with van der Waals surface area (Å²) in [5.41, 5.74) is -0.0695. The molecular formula is C28H34N2O11. The van der Waals surface area contributed by atoms with E-state index in [1.165, 1.54) is 26.3 Å². The lowest BCUT2D eigenvalue weighted by atomic mass is 9.94. The fourth-order valence-electron chi connectivity index (χ4n) is 4.00. The van der Waals surface area contributed by atoms with Gasteiger partial charge in [0.2, 0.25) is 0 Å². The SMILES string of the molecule is COc1ccnc(C(=O)NC2COC(=O)C(CCOC(=O)c3ccccc3)C(OC(=O)C(C)C)C(C)OC2O)c1O. The van der Waals surface area contributed by atoms with Crippen molar-refractivity contribution in [1.29, 1.82) is 0 Å². The number of hydrogen-bond donors (Lipinski definition) is 3. The number of carbonyl (C=O) groups excluding carboxylic acids is 4. The Morgan fingerprint density at radius 1 is 1.17 bits per heavy atom. The molecular weight excluding hydrogens is 540 g/mol. The molecule has 13 nitrogen and oxygen atoms in total. The van der Waals surface area contributed by atoms with Gasteiger partial charge in [-0.2, -0.15) is 0 Å². The normalized spacial score (nSPS) is 22.9. The quantitative estimate of drug-likeness (QED) is 0.291. The molecule has 0 saturated carbocycles. The van der Waals surface area contributed by atoms with Crippen LogP contribution in [0, 0.1) is 11.8 Å². The highest BCUT2D eigenvalue weighted by molar-refractivity contribution is 5.95. The fourth-order valence-corrected chi connectivity index (χ4v) is 4.00. The topological polar surface area (TPSA) is 180 Å². The standard InChI is InChI=1S/C28H34N2O11/c1-15(2)25(33)41-23-16(3)40-28(36)19(30-24(32)21-22(31)20(37-4)10-12-29-21)14-39-27(35)18(23)11-13-38-26(34)17-8-6-5-7-9-17/h5-10,12,15-16,18-19,23,28,31,36H,11,13-14H2,1-4H3,(H,30,32). The van der Waals surface area contributed by atoms with E-state index in [1.807, 2.05) is 0 Å². The number of rotatable bonds is 9. The smallest absolute Gasteiger partial charge is 0.338 e. The van der Waals surface area contributed by atoms with Crippen molar-refractivity contribution in [1.82, 2.24) is 10.3 Å². The Bertz CT molecular complexity index is 1220. The molecule has 0 radical (unpaired) electrons. The molecule has 2 aromatic rings. The molecule has 2 heterocycles. The summed E-state index contributed by atoms with van der Waals surface area (Å²) in [6.45, 7) is 3.96. The minimum absolute atomic E-state index is 0.00193. The van der Waals surface area contributed by atoms with Crippen molar-refractivity contribution in [2.45, 2.75) is 51.7 Å². The number of methoxy groups -OCH3 is 1. The maximum atomic E-state index is 13.2. The summed E-state index contributed by atoms with van der Waals surface area (Å²) in [5, 5.41) is 23.5. The number of cyclic esters (lactones) is 1. The first-order valence-corrected chi connectivity index (χ1v) is 13.0. The number of hydrogen-bond acceptors (Lipinski definition) is 12. The van der Waals surface area contributed by atoms with Crippen molar-refractivity contribution < 1.29 is 53.1 Å². The van der Waals surface area contributed by atoms with Gasteiger partial charge in [0.1, 0.15) is 18.8 Å². The second kappa shape index (κ2) is 14.4. The maximum Gasteiger partial charge on any atom is 0.338 e. The van der Waals surface area contributed by atoms with Gasteiger partial charge in [-0.25, -0.2) is 9.78 Å². The van der Waals surface area contributed by atoms with Crippen LogP contribution in [0.5, 0.6) is 11.5 Å². The van der Waals surface area contributed by atoms with Crippen molar-refractivity contribution in [2.75, 3.05) is 20.3 Å². The number of carbonyl (C=O) groups is 4. The molecule has 1 aliphatic heterocycles. The summed E-state index contributed by atoms with van der Waals surface area (Å²) in [6, 6.07) is 8.32. The third-order valence-corrected chi connectivity index (χ3v) is 6.30. The summed E-state index contributed by atoms with van der Waals surface area (Å²) < 4.78 is 27.0. The Hall–Kier alpha value is -4.23. The number of ether oxygens (including phenoxy) is 5. The Kier molecular flexibility index (Phi) is 11.0. The van der Waals surface area contributed by atoms with Gasteiger partial charge in [-0.1, -0.05) is 32.0 Å². The fraction of sp³-hybridized carbons (Fsp3) is 0.464. The van der Waals surface area contributed by atoms with E-state index in [0.29, 0.717) is 5.56 Å². The number of esters is 3. The van der Waals surface area contributed by atoms with E-state index < -0.39 is 78.2 Å². The molecule has 0 bridgehead atoms. The van der Waals surface area contributed by atoms with Crippen LogP contribution < -0.4 is 10.1 Å². The van der Waals surface area contributed by atoms with Gasteiger partial charge >= 0.3 is 17.9 Å². The van der Waals surface area contributed by atoms with Gasteiger partial charge in [-0.05, 0) is 25.5 Å². The number of benzene rings is 1. The van der Waals surface area contributed by atoms with E-state index in [-0.39, 0.29) is 18.8 Å². The molecule has 1 amide bonds. The van der Waals surface area contributed by atoms with Crippen LogP contribution in [0.2, 0.25) is 0 Å². The molecule has 1 aliphatic rings. The number of aliphatic hydroxyl groups excluding tert-OH is 1. The Balaban J connectivity index is 1.79. The van der Waals surface area contributed by atoms with Gasteiger partial charge in [0, 0.05) is 12.3 Å². The van der Waals surface area contributed by atoms with Crippen molar-refractivity contribution >= 4 is 23.8 Å². The molecule has 1 aromatic carbocycles. The van der Waals surface area contributed by atoms with E-state index in [9.17, 15) is 29.4 Å². The molecule has 41 heavy (non-hydrogen) atoms. The van der Waals surface area contributed by atoms with Crippen LogP contribution in [0.15, 0.2) is 42.6 Å². The molecule has 0 spiro atoms. The monoisotopic (exact) mass is 574 g/mol. The number of aromatic hydroxyl groups is 1. The van der Waals surface area contributed by atoms with E-state index in [0.717, 1.165) is 0 Å². The lowest BCUT2D eigenvalue weighted by Gasteiger charge is -2.31. The van der Waals surface area contributed by atoms with Crippen LogP contribution >= 0.6 is 0 Å². The van der Waals surface area contributed by atoms with Gasteiger partial charge in [0.05, 0.1) is 37.2 Å². The first kappa shape index (κ1) is 31.3. The lowest BCUT2D eigenvalue weighted by molar-refractivity contribution is -0.194. The van der Waals surface area contributed by atoms with Crippen molar-refractivity contribution in [3.8, 4) is 11.5 Å². The van der Waals surface area contributed by atoms with Crippen LogP contribution in [0.3, 0.4) is 0 Å². The predicted octanol–water partition coefficient (Wildman–Crippen LogP) is 1.61. The molecule has 3 N–H and O–H groups in total. The molecule has 222 valence electrons. The van der Waals surface area contributed by atoms with Crippen molar-refractivity contribution in [3.05, 3.63) is 53.9 Å². The van der Waals surface area contributed by atoms with Crippen LogP contribution in [0.4, 0.5) is 0 Å². The minimum atomic E-state index is -1.72. The highest BCUT2D eigenvalue weighted by atomic mass is 16.6. The number of nitrogens with zero attached hydrogens (tertiary/aromatic N) is 1. The average molecular weight is 575 g/mol. The lowest BCUT2D eigenvalue weighted by Crippen LogP contribution is -2.49. The molecule has 1 aromatic heterocycles. The summed E-state index contributed by atoms with van der Waals surface area (Å²) >= 11 is 0. The number of pyridine rings is 1. The molecule has 5 atom stereocenters. The summed E-state index contributed by atoms with van der Waals surface area (Å²) in [5.74, 6) is -5.15. The molecule has 13 heteroatoms. The number of nitrogens with one attached hydrogen (secondary N) is 1. The highest BCUT2D eigenvalue weighted by Gasteiger charge is 2.42. The van der Waals surface area contributed by atoms with Crippen LogP contribution in [0.1, 0.15) is 48.0 Å². The van der Waals surface area contributed by atoms with Gasteiger partial charge in [0.15, 0.2) is 23.5 Å². The molecule has 1 saturated heterocycles. The molecule has 5 unspecified atom stereocenters. The third kappa shape index (κ3) is 8.14. The van der Waals surface area contributed by atoms with Gasteiger partial charge < -0.3 is 39.2 Å². The largest absolute Gasteiger partial charge is 0.503 e. The number of amides is 1. The maximum absolute atomic E-state index is 13.2. The van der Waals surface area contributed by atoms with Crippen molar-refractivity contribution in [2.24, 2.45) is 11.8 Å². The van der Waals surface area contributed by atoms with Crippen molar-refractivity contribution in [3.63, 3.8) is 0 Å². The zero-order valence-electron chi connectivity index (χ0n) is 23.1. The molecule has 3 rings (SSSR count). The highest BCUT2D eigenvalue weighted by Crippen LogP contribution is 2.28. The Morgan fingerprint density at radius 3 is 2.54 bits per heavy atom. The van der Waals surface area contributed by atoms with E-state index in [1.54, 1.807) is 44.2 Å². The zero-order chi connectivity index (χ0) is 30.1. The summed E-state index contributed by atoms with van der Waals surface area (Å²) in [4.78, 5) is 54.8. The third-order valence-electron chi connectivity index (χ3n) is 6.30. The number of aliphatic hydroxyl groups is 1. The van der Waals surface area contributed by atoms with E-state index >= 15 is 0 Å². The van der Waals surface area contributed by atoms with E-state index in [4.69, 9.17) is 23.7 Å². The molecule has 0 aliphatic carbocycles. The van der Waals surface area contributed by atoms with Crippen LogP contribution in [-0.2, 0) is 28.5 Å². The first-order chi connectivity index (χ1) is 19.5. The zero-order valence-corrected chi connectivity index (χ0v) is 23.1.